The molecule has 1 aromatic carbocycles. The Kier molecular flexibility index (Phi) is 2.55. The lowest BCUT2D eigenvalue weighted by Gasteiger charge is -2.19. The molecule has 0 radical (unpaired) electrons. The largest absolute Gasteiger partial charge is 0.440 e. The van der Waals surface area contributed by atoms with Gasteiger partial charge in [0.15, 0.2) is 0 Å². The summed E-state index contributed by atoms with van der Waals surface area (Å²) in [6.45, 7) is 2.21. The number of nitrogens with two attached hydrogens (primary N) is 1. The highest BCUT2D eigenvalue weighted by Crippen LogP contribution is 2.28. The zero-order valence-corrected chi connectivity index (χ0v) is 8.94. The van der Waals surface area contributed by atoms with E-state index in [1.54, 1.807) is 25.1 Å². The van der Waals surface area contributed by atoms with Gasteiger partial charge in [-0.15, -0.1) is 0 Å². The van der Waals surface area contributed by atoms with E-state index in [1.807, 2.05) is 0 Å². The number of hydrogen-bond donors (Lipinski definition) is 1. The van der Waals surface area contributed by atoms with Crippen molar-refractivity contribution in [2.24, 2.45) is 5.73 Å². The lowest BCUT2D eigenvalue weighted by molar-refractivity contribution is 0.0789. The van der Waals surface area contributed by atoms with E-state index in [2.05, 4.69) is 0 Å². The van der Waals surface area contributed by atoms with Gasteiger partial charge in [0.1, 0.15) is 11.4 Å². The van der Waals surface area contributed by atoms with Gasteiger partial charge in [0.05, 0.1) is 12.2 Å². The van der Waals surface area contributed by atoms with Crippen LogP contribution in [0.5, 0.6) is 0 Å². The summed E-state index contributed by atoms with van der Waals surface area (Å²) in [5.74, 6) is -0.444. The molecule has 2 rings (SSSR count). The first kappa shape index (κ1) is 10.9. The molecule has 1 saturated heterocycles. The Morgan fingerprint density at radius 3 is 2.81 bits per heavy atom. The van der Waals surface area contributed by atoms with E-state index in [4.69, 9.17) is 10.5 Å². The molecule has 86 valence electrons. The number of halogens is 1. The molecule has 1 aliphatic heterocycles. The molecule has 1 aromatic rings. The fourth-order valence-electron chi connectivity index (χ4n) is 1.66. The van der Waals surface area contributed by atoms with E-state index >= 15 is 0 Å². The normalized spacial score (nSPS) is 24.7. The average Bonchev–Trinajstić information content (AvgIpc) is 2.56. The first-order valence-electron chi connectivity index (χ1n) is 5.01. The van der Waals surface area contributed by atoms with Crippen molar-refractivity contribution >= 4 is 11.8 Å². The standard InChI is InChI=1S/C11H13FN2O2/c1-11(6-13)7-14(10(15)16-11)9-5-3-2-4-8(9)12/h2-5H,6-7,13H2,1H3. The molecule has 1 aliphatic rings. The fraction of sp³-hybridized carbons (Fsp3) is 0.364. The van der Waals surface area contributed by atoms with Gasteiger partial charge in [-0.1, -0.05) is 12.1 Å². The average molecular weight is 224 g/mol. The number of carbonyl (C=O) groups is 1. The van der Waals surface area contributed by atoms with Gasteiger partial charge in [0.2, 0.25) is 0 Å². The summed E-state index contributed by atoms with van der Waals surface area (Å²) in [5, 5.41) is 0. The lowest BCUT2D eigenvalue weighted by atomic mass is 10.1. The van der Waals surface area contributed by atoms with Gasteiger partial charge in [-0.25, -0.2) is 9.18 Å². The van der Waals surface area contributed by atoms with Crippen LogP contribution < -0.4 is 10.6 Å². The van der Waals surface area contributed by atoms with Crippen LogP contribution in [-0.2, 0) is 4.74 Å². The van der Waals surface area contributed by atoms with Gasteiger partial charge >= 0.3 is 6.09 Å². The van der Waals surface area contributed by atoms with Crippen LogP contribution >= 0.6 is 0 Å². The summed E-state index contributed by atoms with van der Waals surface area (Å²) in [5.41, 5.74) is 5.00. The zero-order valence-electron chi connectivity index (χ0n) is 8.94. The Bertz CT molecular complexity index is 424. The van der Waals surface area contributed by atoms with Gasteiger partial charge < -0.3 is 10.5 Å². The minimum atomic E-state index is -0.737. The Hall–Kier alpha value is -1.62. The SMILES string of the molecule is CC1(CN)CN(c2ccccc2F)C(=O)O1. The van der Waals surface area contributed by atoms with Crippen LogP contribution in [0.25, 0.3) is 0 Å². The van der Waals surface area contributed by atoms with Crippen molar-refractivity contribution in [3.8, 4) is 0 Å². The van der Waals surface area contributed by atoms with Gasteiger partial charge in [0.25, 0.3) is 0 Å². The van der Waals surface area contributed by atoms with Crippen molar-refractivity contribution in [1.29, 1.82) is 0 Å². The van der Waals surface area contributed by atoms with E-state index in [0.29, 0.717) is 0 Å². The minimum Gasteiger partial charge on any atom is -0.440 e. The number of benzene rings is 1. The third-order valence-corrected chi connectivity index (χ3v) is 2.62. The number of carbonyl (C=O) groups excluding carboxylic acids is 1. The predicted octanol–water partition coefficient (Wildman–Crippen LogP) is 1.50. The van der Waals surface area contributed by atoms with Crippen molar-refractivity contribution in [3.05, 3.63) is 30.1 Å². The monoisotopic (exact) mass is 224 g/mol. The second kappa shape index (κ2) is 3.75. The van der Waals surface area contributed by atoms with Gasteiger partial charge in [-0.05, 0) is 19.1 Å². The van der Waals surface area contributed by atoms with Crippen molar-refractivity contribution in [1.82, 2.24) is 0 Å². The summed E-state index contributed by atoms with van der Waals surface area (Å²) >= 11 is 0. The summed E-state index contributed by atoms with van der Waals surface area (Å²) in [6, 6.07) is 6.09. The third kappa shape index (κ3) is 1.74. The number of hydrogen-bond acceptors (Lipinski definition) is 3. The number of ether oxygens (including phenoxy) is 1. The number of nitrogens with zero attached hydrogens (tertiary/aromatic N) is 1. The molecule has 0 aliphatic carbocycles. The van der Waals surface area contributed by atoms with Crippen LogP contribution in [0.4, 0.5) is 14.9 Å². The van der Waals surface area contributed by atoms with E-state index in [1.165, 1.54) is 11.0 Å². The van der Waals surface area contributed by atoms with Crippen molar-refractivity contribution in [3.63, 3.8) is 0 Å². The summed E-state index contributed by atoms with van der Waals surface area (Å²) in [6.07, 6.45) is -0.557. The number of rotatable bonds is 2. The van der Waals surface area contributed by atoms with E-state index < -0.39 is 17.5 Å². The number of cyclic esters (lactones) is 1. The van der Waals surface area contributed by atoms with Crippen LogP contribution in [0.1, 0.15) is 6.92 Å². The Balaban J connectivity index is 2.31. The maximum atomic E-state index is 13.5. The molecule has 0 bridgehead atoms. The van der Waals surface area contributed by atoms with Gasteiger partial charge in [-0.2, -0.15) is 0 Å². The van der Waals surface area contributed by atoms with Crippen molar-refractivity contribution < 1.29 is 13.9 Å². The molecule has 1 fully saturated rings. The minimum absolute atomic E-state index is 0.212. The molecule has 0 saturated carbocycles. The van der Waals surface area contributed by atoms with E-state index in [0.717, 1.165) is 0 Å². The molecule has 1 unspecified atom stereocenters. The van der Waals surface area contributed by atoms with Crippen LogP contribution in [-0.4, -0.2) is 24.8 Å². The second-order valence-corrected chi connectivity index (χ2v) is 4.06. The van der Waals surface area contributed by atoms with Crippen LogP contribution in [0.2, 0.25) is 0 Å². The second-order valence-electron chi connectivity index (χ2n) is 4.06. The number of para-hydroxylation sites is 1. The van der Waals surface area contributed by atoms with Gasteiger partial charge in [-0.3, -0.25) is 4.90 Å². The first-order valence-corrected chi connectivity index (χ1v) is 5.01. The fourth-order valence-corrected chi connectivity index (χ4v) is 1.66. The Labute approximate surface area is 92.8 Å². The molecule has 1 amide bonds. The van der Waals surface area contributed by atoms with Crippen LogP contribution in [0, 0.1) is 5.82 Å². The highest BCUT2D eigenvalue weighted by atomic mass is 19.1. The first-order chi connectivity index (χ1) is 7.56. The molecule has 4 nitrogen and oxygen atoms in total. The van der Waals surface area contributed by atoms with Crippen molar-refractivity contribution in [2.45, 2.75) is 12.5 Å². The van der Waals surface area contributed by atoms with E-state index in [-0.39, 0.29) is 18.8 Å². The molecule has 1 heterocycles. The Morgan fingerprint density at radius 2 is 2.25 bits per heavy atom. The third-order valence-electron chi connectivity index (χ3n) is 2.62. The summed E-state index contributed by atoms with van der Waals surface area (Å²) in [4.78, 5) is 12.8. The molecular formula is C11H13FN2O2. The van der Waals surface area contributed by atoms with Gasteiger partial charge in [0, 0.05) is 6.54 Å². The lowest BCUT2D eigenvalue weighted by Crippen LogP contribution is -2.38. The summed E-state index contributed by atoms with van der Waals surface area (Å²) < 4.78 is 18.6. The van der Waals surface area contributed by atoms with E-state index in [9.17, 15) is 9.18 Å². The topological polar surface area (TPSA) is 55.6 Å². The molecule has 0 aromatic heterocycles. The maximum absolute atomic E-state index is 13.5. The van der Waals surface area contributed by atoms with Crippen molar-refractivity contribution in [2.75, 3.05) is 18.0 Å². The zero-order chi connectivity index (χ0) is 11.8. The molecule has 1 atom stereocenters. The molecule has 16 heavy (non-hydrogen) atoms. The maximum Gasteiger partial charge on any atom is 0.415 e. The highest BCUT2D eigenvalue weighted by molar-refractivity contribution is 5.90. The van der Waals surface area contributed by atoms with Crippen LogP contribution in [0.15, 0.2) is 24.3 Å². The molecule has 5 heteroatoms. The quantitative estimate of drug-likeness (QED) is 0.828. The molecular weight excluding hydrogens is 211 g/mol. The summed E-state index contributed by atoms with van der Waals surface area (Å²) in [7, 11) is 0. The van der Waals surface area contributed by atoms with Crippen LogP contribution in [0.3, 0.4) is 0 Å². The Morgan fingerprint density at radius 1 is 1.56 bits per heavy atom. The smallest absolute Gasteiger partial charge is 0.415 e. The molecule has 0 spiro atoms. The number of anilines is 1. The predicted molar refractivity (Wildman–Crippen MR) is 57.7 cm³/mol. The number of amides is 1. The molecule has 2 N–H and O–H groups in total. The highest BCUT2D eigenvalue weighted by Gasteiger charge is 2.41.